The Kier molecular flexibility index (Phi) is 6.36. The molecule has 1 unspecified atom stereocenters. The Morgan fingerprint density at radius 3 is 2.63 bits per heavy atom. The molecule has 0 spiro atoms. The topological polar surface area (TPSA) is 41.6 Å². The highest BCUT2D eigenvalue weighted by atomic mass is 16.5. The van der Waals surface area contributed by atoms with E-state index in [0.717, 1.165) is 17.9 Å². The first kappa shape index (κ1) is 15.5. The van der Waals surface area contributed by atoms with Crippen molar-refractivity contribution >= 4 is 5.91 Å². The van der Waals surface area contributed by atoms with Crippen molar-refractivity contribution in [1.82, 2.24) is 10.2 Å². The second kappa shape index (κ2) is 7.79. The van der Waals surface area contributed by atoms with E-state index in [0.29, 0.717) is 13.1 Å². The second-order valence-corrected chi connectivity index (χ2v) is 4.45. The van der Waals surface area contributed by atoms with Crippen molar-refractivity contribution in [1.29, 1.82) is 0 Å². The molecule has 1 amide bonds. The highest BCUT2D eigenvalue weighted by Crippen LogP contribution is 2.15. The van der Waals surface area contributed by atoms with Gasteiger partial charge >= 0.3 is 0 Å². The highest BCUT2D eigenvalue weighted by Gasteiger charge is 2.19. The number of nitrogens with zero attached hydrogens (tertiary/aromatic N) is 1. The molecule has 1 N–H and O–H groups in total. The number of likely N-dealkylation sites (N-methyl/N-ethyl adjacent to an activating group) is 1. The lowest BCUT2D eigenvalue weighted by atomic mass is 10.2. The van der Waals surface area contributed by atoms with Crippen LogP contribution in [0.1, 0.15) is 26.3 Å². The molecule has 4 nitrogen and oxygen atoms in total. The smallest absolute Gasteiger partial charge is 0.263 e. The zero-order chi connectivity index (χ0) is 14.3. The van der Waals surface area contributed by atoms with E-state index < -0.39 is 6.10 Å². The summed E-state index contributed by atoms with van der Waals surface area (Å²) >= 11 is 0. The molecular weight excluding hydrogens is 240 g/mol. The van der Waals surface area contributed by atoms with Crippen LogP contribution in [0.25, 0.3) is 0 Å². The third-order valence-electron chi connectivity index (χ3n) is 3.02. The first-order valence-corrected chi connectivity index (χ1v) is 6.81. The average molecular weight is 264 g/mol. The summed E-state index contributed by atoms with van der Waals surface area (Å²) in [4.78, 5) is 13.9. The number of rotatable bonds is 7. The van der Waals surface area contributed by atoms with Crippen molar-refractivity contribution in [3.63, 3.8) is 0 Å². The van der Waals surface area contributed by atoms with Gasteiger partial charge in [-0.05, 0) is 45.5 Å². The minimum atomic E-state index is -0.454. The summed E-state index contributed by atoms with van der Waals surface area (Å²) in [7, 11) is 1.90. The Labute approximate surface area is 115 Å². The van der Waals surface area contributed by atoms with Crippen LogP contribution in [0.15, 0.2) is 24.3 Å². The van der Waals surface area contributed by atoms with E-state index in [1.807, 2.05) is 45.2 Å². The standard InChI is InChI=1S/C15H24N2O2/c1-5-17(6-2)15(18)12(3)19-14-9-7-8-13(10-14)11-16-4/h7-10,12,16H,5-6,11H2,1-4H3. The van der Waals surface area contributed by atoms with Crippen molar-refractivity contribution in [3.05, 3.63) is 29.8 Å². The summed E-state index contributed by atoms with van der Waals surface area (Å²) in [6, 6.07) is 7.81. The molecule has 0 radical (unpaired) electrons. The van der Waals surface area contributed by atoms with E-state index in [-0.39, 0.29) is 5.91 Å². The molecule has 1 aromatic carbocycles. The zero-order valence-corrected chi connectivity index (χ0v) is 12.3. The number of carbonyl (C=O) groups excluding carboxylic acids is 1. The molecule has 1 atom stereocenters. The van der Waals surface area contributed by atoms with Crippen molar-refractivity contribution < 1.29 is 9.53 Å². The first-order valence-electron chi connectivity index (χ1n) is 6.81. The Morgan fingerprint density at radius 2 is 2.05 bits per heavy atom. The molecular formula is C15H24N2O2. The lowest BCUT2D eigenvalue weighted by molar-refractivity contribution is -0.137. The maximum Gasteiger partial charge on any atom is 0.263 e. The predicted molar refractivity (Wildman–Crippen MR) is 77.2 cm³/mol. The summed E-state index contributed by atoms with van der Waals surface area (Å²) in [6.07, 6.45) is -0.454. The third kappa shape index (κ3) is 4.56. The Bertz CT molecular complexity index is 403. The molecule has 0 saturated heterocycles. The number of ether oxygens (including phenoxy) is 1. The minimum absolute atomic E-state index is 0.0315. The molecule has 1 rings (SSSR count). The van der Waals surface area contributed by atoms with Crippen LogP contribution in [0.5, 0.6) is 5.75 Å². The Hall–Kier alpha value is -1.55. The molecule has 0 heterocycles. The fraction of sp³-hybridized carbons (Fsp3) is 0.533. The van der Waals surface area contributed by atoms with Gasteiger partial charge in [0.2, 0.25) is 0 Å². The van der Waals surface area contributed by atoms with Gasteiger partial charge in [-0.15, -0.1) is 0 Å². The van der Waals surface area contributed by atoms with E-state index in [1.54, 1.807) is 11.8 Å². The Balaban J connectivity index is 2.68. The van der Waals surface area contributed by atoms with Gasteiger partial charge in [-0.3, -0.25) is 4.79 Å². The van der Waals surface area contributed by atoms with Crippen molar-refractivity contribution in [2.24, 2.45) is 0 Å². The number of carbonyl (C=O) groups is 1. The van der Waals surface area contributed by atoms with Gasteiger partial charge in [0.15, 0.2) is 6.10 Å². The molecule has 0 saturated carbocycles. The van der Waals surface area contributed by atoms with Crippen molar-refractivity contribution in [2.45, 2.75) is 33.4 Å². The summed E-state index contributed by atoms with van der Waals surface area (Å²) in [5.74, 6) is 0.768. The van der Waals surface area contributed by atoms with Gasteiger partial charge in [-0.1, -0.05) is 12.1 Å². The molecule has 0 aliphatic carbocycles. The van der Waals surface area contributed by atoms with Crippen LogP contribution in [0.2, 0.25) is 0 Å². The minimum Gasteiger partial charge on any atom is -0.481 e. The number of amides is 1. The van der Waals surface area contributed by atoms with Gasteiger partial charge in [-0.25, -0.2) is 0 Å². The molecule has 0 fully saturated rings. The zero-order valence-electron chi connectivity index (χ0n) is 12.3. The van der Waals surface area contributed by atoms with Crippen LogP contribution < -0.4 is 10.1 Å². The molecule has 0 bridgehead atoms. The van der Waals surface area contributed by atoms with E-state index in [1.165, 1.54) is 0 Å². The van der Waals surface area contributed by atoms with Crippen molar-refractivity contribution in [2.75, 3.05) is 20.1 Å². The molecule has 1 aromatic rings. The number of hydrogen-bond acceptors (Lipinski definition) is 3. The number of hydrogen-bond donors (Lipinski definition) is 1. The van der Waals surface area contributed by atoms with Gasteiger partial charge in [0, 0.05) is 19.6 Å². The van der Waals surface area contributed by atoms with Gasteiger partial charge in [-0.2, -0.15) is 0 Å². The van der Waals surface area contributed by atoms with E-state index in [9.17, 15) is 4.79 Å². The molecule has 4 heteroatoms. The lowest BCUT2D eigenvalue weighted by Crippen LogP contribution is -2.40. The Morgan fingerprint density at radius 1 is 1.37 bits per heavy atom. The largest absolute Gasteiger partial charge is 0.481 e. The summed E-state index contributed by atoms with van der Waals surface area (Å²) in [5.41, 5.74) is 1.14. The lowest BCUT2D eigenvalue weighted by Gasteiger charge is -2.23. The first-order chi connectivity index (χ1) is 9.12. The van der Waals surface area contributed by atoms with Crippen LogP contribution >= 0.6 is 0 Å². The van der Waals surface area contributed by atoms with Crippen molar-refractivity contribution in [3.8, 4) is 5.75 Å². The number of benzene rings is 1. The monoisotopic (exact) mass is 264 g/mol. The van der Waals surface area contributed by atoms with Gasteiger partial charge < -0.3 is 15.0 Å². The number of nitrogens with one attached hydrogen (secondary N) is 1. The van der Waals surface area contributed by atoms with Crippen LogP contribution in [-0.2, 0) is 11.3 Å². The second-order valence-electron chi connectivity index (χ2n) is 4.45. The fourth-order valence-corrected chi connectivity index (χ4v) is 1.98. The van der Waals surface area contributed by atoms with Crippen LogP contribution in [0.4, 0.5) is 0 Å². The summed E-state index contributed by atoms with van der Waals surface area (Å²) in [6.45, 7) is 7.95. The van der Waals surface area contributed by atoms with Gasteiger partial charge in [0.1, 0.15) is 5.75 Å². The van der Waals surface area contributed by atoms with Gasteiger partial charge in [0.25, 0.3) is 5.91 Å². The predicted octanol–water partition coefficient (Wildman–Crippen LogP) is 2.04. The highest BCUT2D eigenvalue weighted by molar-refractivity contribution is 5.80. The van der Waals surface area contributed by atoms with E-state index in [4.69, 9.17) is 4.74 Å². The molecule has 106 valence electrons. The van der Waals surface area contributed by atoms with Crippen LogP contribution in [0.3, 0.4) is 0 Å². The summed E-state index contributed by atoms with van der Waals surface area (Å²) < 4.78 is 5.73. The van der Waals surface area contributed by atoms with Crippen LogP contribution in [0, 0.1) is 0 Å². The van der Waals surface area contributed by atoms with Gasteiger partial charge in [0.05, 0.1) is 0 Å². The van der Waals surface area contributed by atoms with E-state index in [2.05, 4.69) is 5.32 Å². The molecule has 0 aromatic heterocycles. The molecule has 19 heavy (non-hydrogen) atoms. The molecule has 0 aliphatic rings. The maximum atomic E-state index is 12.1. The summed E-state index contributed by atoms with van der Waals surface area (Å²) in [5, 5.41) is 3.09. The normalized spacial score (nSPS) is 12.0. The fourth-order valence-electron chi connectivity index (χ4n) is 1.98. The third-order valence-corrected chi connectivity index (χ3v) is 3.02. The average Bonchev–Trinajstić information content (AvgIpc) is 2.40. The quantitative estimate of drug-likeness (QED) is 0.819. The SMILES string of the molecule is CCN(CC)C(=O)C(C)Oc1cccc(CNC)c1. The molecule has 0 aliphatic heterocycles. The van der Waals surface area contributed by atoms with E-state index >= 15 is 0 Å². The van der Waals surface area contributed by atoms with Crippen LogP contribution in [-0.4, -0.2) is 37.0 Å². The maximum absolute atomic E-state index is 12.1.